The van der Waals surface area contributed by atoms with Gasteiger partial charge in [-0.25, -0.2) is 9.78 Å². The minimum Gasteiger partial charge on any atom is -0.454 e. The molecule has 98 valence electrons. The summed E-state index contributed by atoms with van der Waals surface area (Å²) in [6, 6.07) is 11.1. The van der Waals surface area contributed by atoms with E-state index in [1.165, 1.54) is 6.20 Å². The van der Waals surface area contributed by atoms with Gasteiger partial charge in [-0.2, -0.15) is 0 Å². The summed E-state index contributed by atoms with van der Waals surface area (Å²) in [5.41, 5.74) is 1.17. The van der Waals surface area contributed by atoms with Crippen molar-refractivity contribution in [1.29, 1.82) is 0 Å². The van der Waals surface area contributed by atoms with Gasteiger partial charge >= 0.3 is 5.97 Å². The zero-order valence-electron chi connectivity index (χ0n) is 10.1. The molecule has 2 aromatic rings. The number of benzene rings is 1. The van der Waals surface area contributed by atoms with Crippen molar-refractivity contribution in [3.63, 3.8) is 0 Å². The molecule has 0 aliphatic heterocycles. The predicted molar refractivity (Wildman–Crippen MR) is 77.2 cm³/mol. The van der Waals surface area contributed by atoms with E-state index in [0.29, 0.717) is 4.47 Å². The molecule has 1 atom stereocenters. The third kappa shape index (κ3) is 3.55. The number of carbonyl (C=O) groups excluding carboxylic acids is 1. The molecule has 0 saturated carbocycles. The van der Waals surface area contributed by atoms with Crippen LogP contribution >= 0.6 is 27.5 Å². The molecule has 0 radical (unpaired) electrons. The number of hydrogen-bond donors (Lipinski definition) is 0. The number of nitrogens with zero attached hydrogens (tertiary/aromatic N) is 1. The molecule has 3 nitrogen and oxygen atoms in total. The summed E-state index contributed by atoms with van der Waals surface area (Å²) in [7, 11) is 0. The van der Waals surface area contributed by atoms with E-state index >= 15 is 0 Å². The highest BCUT2D eigenvalue weighted by atomic mass is 79.9. The molecule has 0 aliphatic rings. The van der Waals surface area contributed by atoms with Gasteiger partial charge in [0.15, 0.2) is 0 Å². The minimum atomic E-state index is -0.491. The van der Waals surface area contributed by atoms with Gasteiger partial charge in [0.05, 0.1) is 5.56 Å². The Morgan fingerprint density at radius 3 is 2.74 bits per heavy atom. The van der Waals surface area contributed by atoms with E-state index in [4.69, 9.17) is 16.3 Å². The first-order valence-electron chi connectivity index (χ1n) is 5.65. The largest absolute Gasteiger partial charge is 0.454 e. The van der Waals surface area contributed by atoms with Crippen LogP contribution in [0.3, 0.4) is 0 Å². The zero-order valence-corrected chi connectivity index (χ0v) is 12.5. The van der Waals surface area contributed by atoms with Crippen molar-refractivity contribution in [3.05, 3.63) is 63.3 Å². The molecule has 0 amide bonds. The van der Waals surface area contributed by atoms with Crippen LogP contribution in [-0.4, -0.2) is 11.0 Å². The predicted octanol–water partition coefficient (Wildman–Crippen LogP) is 4.42. The Kier molecular flexibility index (Phi) is 4.56. The van der Waals surface area contributed by atoms with E-state index in [1.54, 1.807) is 6.07 Å². The van der Waals surface area contributed by atoms with Gasteiger partial charge in [-0.05, 0) is 34.5 Å². The molecule has 1 unspecified atom stereocenters. The van der Waals surface area contributed by atoms with Crippen molar-refractivity contribution in [2.45, 2.75) is 13.0 Å². The molecule has 0 aliphatic carbocycles. The standard InChI is InChI=1S/C14H11BrClNO2/c1-9(10-5-3-2-4-6-10)19-14(18)12-7-11(15)8-17-13(12)16/h2-9H,1H3. The van der Waals surface area contributed by atoms with Crippen LogP contribution in [0.1, 0.15) is 28.9 Å². The van der Waals surface area contributed by atoms with Crippen LogP contribution in [-0.2, 0) is 4.74 Å². The highest BCUT2D eigenvalue weighted by Crippen LogP contribution is 2.23. The fourth-order valence-corrected chi connectivity index (χ4v) is 2.09. The van der Waals surface area contributed by atoms with Gasteiger partial charge in [0.1, 0.15) is 11.3 Å². The summed E-state index contributed by atoms with van der Waals surface area (Å²) in [4.78, 5) is 15.9. The Hall–Kier alpha value is -1.39. The summed E-state index contributed by atoms with van der Waals surface area (Å²) in [5.74, 6) is -0.491. The summed E-state index contributed by atoms with van der Waals surface area (Å²) >= 11 is 9.13. The molecule has 1 aromatic carbocycles. The van der Waals surface area contributed by atoms with Crippen molar-refractivity contribution < 1.29 is 9.53 Å². The molecule has 0 N–H and O–H groups in total. The molecule has 2 rings (SSSR count). The maximum atomic E-state index is 12.0. The number of ether oxygens (including phenoxy) is 1. The van der Waals surface area contributed by atoms with Crippen molar-refractivity contribution in [2.75, 3.05) is 0 Å². The van der Waals surface area contributed by atoms with Gasteiger partial charge in [-0.3, -0.25) is 0 Å². The van der Waals surface area contributed by atoms with Crippen LogP contribution < -0.4 is 0 Å². The third-order valence-electron chi connectivity index (χ3n) is 2.58. The van der Waals surface area contributed by atoms with Gasteiger partial charge in [-0.15, -0.1) is 0 Å². The van der Waals surface area contributed by atoms with Gasteiger partial charge in [0.25, 0.3) is 0 Å². The van der Waals surface area contributed by atoms with Crippen molar-refractivity contribution in [2.24, 2.45) is 0 Å². The highest BCUT2D eigenvalue weighted by Gasteiger charge is 2.17. The molecular formula is C14H11BrClNO2. The number of aromatic nitrogens is 1. The number of esters is 1. The lowest BCUT2D eigenvalue weighted by atomic mass is 10.1. The Morgan fingerprint density at radius 1 is 1.37 bits per heavy atom. The smallest absolute Gasteiger partial charge is 0.341 e. The summed E-state index contributed by atoms with van der Waals surface area (Å²) in [6.45, 7) is 1.81. The quantitative estimate of drug-likeness (QED) is 0.613. The minimum absolute atomic E-state index is 0.133. The first kappa shape index (κ1) is 14.0. The molecule has 0 bridgehead atoms. The molecule has 0 fully saturated rings. The van der Waals surface area contributed by atoms with E-state index in [-0.39, 0.29) is 16.8 Å². The average Bonchev–Trinajstić information content (AvgIpc) is 2.42. The number of hydrogen-bond acceptors (Lipinski definition) is 3. The number of rotatable bonds is 3. The van der Waals surface area contributed by atoms with Crippen LogP contribution in [0, 0.1) is 0 Å². The lowest BCUT2D eigenvalue weighted by Crippen LogP contribution is -2.10. The van der Waals surface area contributed by atoms with E-state index in [0.717, 1.165) is 5.56 Å². The maximum Gasteiger partial charge on any atom is 0.341 e. The van der Waals surface area contributed by atoms with E-state index in [1.807, 2.05) is 37.3 Å². The fourth-order valence-electron chi connectivity index (χ4n) is 1.58. The first-order valence-corrected chi connectivity index (χ1v) is 6.82. The lowest BCUT2D eigenvalue weighted by Gasteiger charge is -2.14. The van der Waals surface area contributed by atoms with Gasteiger partial charge in [0, 0.05) is 10.7 Å². The Balaban J connectivity index is 2.15. The number of pyridine rings is 1. The van der Waals surface area contributed by atoms with Crippen molar-refractivity contribution in [1.82, 2.24) is 4.98 Å². The molecule has 1 aromatic heterocycles. The molecular weight excluding hydrogens is 330 g/mol. The van der Waals surface area contributed by atoms with Crippen LogP contribution in [0.2, 0.25) is 5.15 Å². The van der Waals surface area contributed by atoms with Crippen molar-refractivity contribution >= 4 is 33.5 Å². The van der Waals surface area contributed by atoms with Crippen LogP contribution in [0.25, 0.3) is 0 Å². The Labute approximate surface area is 124 Å². The van der Waals surface area contributed by atoms with E-state index < -0.39 is 5.97 Å². The average molecular weight is 341 g/mol. The zero-order chi connectivity index (χ0) is 13.8. The number of carbonyl (C=O) groups is 1. The third-order valence-corrected chi connectivity index (χ3v) is 3.31. The van der Waals surface area contributed by atoms with Gasteiger partial charge in [0.2, 0.25) is 0 Å². The molecule has 0 spiro atoms. The molecule has 5 heteroatoms. The second-order valence-electron chi connectivity index (χ2n) is 3.95. The summed E-state index contributed by atoms with van der Waals surface area (Å²) in [5, 5.41) is 0.133. The number of halogens is 2. The lowest BCUT2D eigenvalue weighted by molar-refractivity contribution is 0.0337. The molecule has 1 heterocycles. The first-order chi connectivity index (χ1) is 9.08. The fraction of sp³-hybridized carbons (Fsp3) is 0.143. The van der Waals surface area contributed by atoms with Crippen LogP contribution in [0.15, 0.2) is 47.1 Å². The monoisotopic (exact) mass is 339 g/mol. The van der Waals surface area contributed by atoms with E-state index in [9.17, 15) is 4.79 Å². The second kappa shape index (κ2) is 6.17. The SMILES string of the molecule is CC(OC(=O)c1cc(Br)cnc1Cl)c1ccccc1. The summed E-state index contributed by atoms with van der Waals surface area (Å²) < 4.78 is 6.05. The maximum absolute atomic E-state index is 12.0. The van der Waals surface area contributed by atoms with Gasteiger partial charge < -0.3 is 4.74 Å². The van der Waals surface area contributed by atoms with E-state index in [2.05, 4.69) is 20.9 Å². The molecule has 19 heavy (non-hydrogen) atoms. The van der Waals surface area contributed by atoms with Gasteiger partial charge in [-0.1, -0.05) is 41.9 Å². The second-order valence-corrected chi connectivity index (χ2v) is 5.22. The van der Waals surface area contributed by atoms with Crippen LogP contribution in [0.5, 0.6) is 0 Å². The molecule has 0 saturated heterocycles. The topological polar surface area (TPSA) is 39.2 Å². The highest BCUT2D eigenvalue weighted by molar-refractivity contribution is 9.10. The van der Waals surface area contributed by atoms with Crippen molar-refractivity contribution in [3.8, 4) is 0 Å². The normalized spacial score (nSPS) is 11.9. The Morgan fingerprint density at radius 2 is 2.05 bits per heavy atom. The van der Waals surface area contributed by atoms with Crippen LogP contribution in [0.4, 0.5) is 0 Å². The Bertz CT molecular complexity index is 589. The summed E-state index contributed by atoms with van der Waals surface area (Å²) in [6.07, 6.45) is 1.18.